The Morgan fingerprint density at radius 2 is 2.18 bits per heavy atom. The van der Waals surface area contributed by atoms with E-state index in [9.17, 15) is 0 Å². The normalized spacial score (nSPS) is 10.4. The van der Waals surface area contributed by atoms with Crippen molar-refractivity contribution in [2.45, 2.75) is 6.54 Å². The molecule has 0 fully saturated rings. The van der Waals surface area contributed by atoms with Gasteiger partial charge in [0.05, 0.1) is 18.1 Å². The van der Waals surface area contributed by atoms with E-state index in [4.69, 9.17) is 0 Å². The zero-order valence-corrected chi connectivity index (χ0v) is 10.2. The third-order valence-corrected chi connectivity index (χ3v) is 2.59. The first-order chi connectivity index (χ1) is 7.81. The van der Waals surface area contributed by atoms with Crippen LogP contribution < -0.4 is 17.0 Å². The van der Waals surface area contributed by atoms with E-state index in [1.807, 2.05) is 54.6 Å². The van der Waals surface area contributed by atoms with Crippen LogP contribution in [-0.2, 0) is 13.6 Å². The van der Waals surface area contributed by atoms with E-state index in [0.717, 1.165) is 23.4 Å². The molecule has 0 aliphatic carbocycles. The van der Waals surface area contributed by atoms with Gasteiger partial charge in [0.25, 0.3) is 0 Å². The van der Waals surface area contributed by atoms with Crippen molar-refractivity contribution in [3.8, 4) is 0 Å². The lowest BCUT2D eigenvalue weighted by Gasteiger charge is -1.90. The van der Waals surface area contributed by atoms with E-state index in [1.54, 1.807) is 0 Å². The monoisotopic (exact) mass is 248 g/mol. The van der Waals surface area contributed by atoms with Crippen LogP contribution in [0.3, 0.4) is 0 Å². The van der Waals surface area contributed by atoms with E-state index >= 15 is 0 Å². The Morgan fingerprint density at radius 1 is 1.35 bits per heavy atom. The fourth-order valence-corrected chi connectivity index (χ4v) is 1.85. The molecule has 1 aromatic carbocycles. The molecule has 17 heavy (non-hydrogen) atoms. The number of imidazole rings is 2. The molecule has 4 nitrogen and oxygen atoms in total. The van der Waals surface area contributed by atoms with Gasteiger partial charge in [-0.15, -0.1) is 0 Å². The van der Waals surface area contributed by atoms with Gasteiger partial charge in [-0.25, -0.2) is 14.1 Å². The second-order valence-corrected chi connectivity index (χ2v) is 3.95. The third kappa shape index (κ3) is 2.31. The van der Waals surface area contributed by atoms with Crippen LogP contribution in [0.2, 0.25) is 0 Å². The maximum atomic E-state index is 4.53. The number of benzene rings is 1. The zero-order valence-electron chi connectivity index (χ0n) is 9.47. The van der Waals surface area contributed by atoms with E-state index in [2.05, 4.69) is 14.5 Å². The average Bonchev–Trinajstić information content (AvgIpc) is 2.84. The minimum atomic E-state index is 0. The van der Waals surface area contributed by atoms with Crippen LogP contribution in [-0.4, -0.2) is 14.5 Å². The van der Waals surface area contributed by atoms with Gasteiger partial charge in [0.15, 0.2) is 0 Å². The van der Waals surface area contributed by atoms with Gasteiger partial charge < -0.3 is 17.4 Å². The number of aromatic amines is 1. The number of nitrogens with zero attached hydrogens (tertiary/aromatic N) is 3. The van der Waals surface area contributed by atoms with Crippen LogP contribution in [0.25, 0.3) is 11.0 Å². The van der Waals surface area contributed by atoms with Crippen molar-refractivity contribution in [3.05, 3.63) is 48.8 Å². The molecule has 0 amide bonds. The molecule has 3 rings (SSSR count). The number of rotatable bonds is 2. The fraction of sp³-hybridized carbons (Fsp3) is 0.167. The lowest BCUT2D eigenvalue weighted by atomic mass is 10.3. The first-order valence-corrected chi connectivity index (χ1v) is 5.26. The topological polar surface area (TPSA) is 37.5 Å². The lowest BCUT2D eigenvalue weighted by Crippen LogP contribution is -3.00. The summed E-state index contributed by atoms with van der Waals surface area (Å²) in [6, 6.07) is 8.08. The van der Waals surface area contributed by atoms with Crippen LogP contribution in [0.5, 0.6) is 0 Å². The maximum absolute atomic E-state index is 4.53. The number of para-hydroxylation sites is 2. The highest BCUT2D eigenvalue weighted by molar-refractivity contribution is 5.74. The minimum Gasteiger partial charge on any atom is -1.00 e. The van der Waals surface area contributed by atoms with Crippen molar-refractivity contribution in [1.29, 1.82) is 0 Å². The largest absolute Gasteiger partial charge is 1.00 e. The SMILES string of the molecule is C[n+]1ccn(Cc2nc3ccccc3[nH]2)c1.[Cl-]. The number of hydrogen-bond acceptors (Lipinski definition) is 1. The molecule has 0 atom stereocenters. The lowest BCUT2D eigenvalue weighted by molar-refractivity contribution is -0.671. The van der Waals surface area contributed by atoms with Gasteiger partial charge in [-0.2, -0.15) is 0 Å². The molecule has 0 bridgehead atoms. The van der Waals surface area contributed by atoms with Crippen LogP contribution >= 0.6 is 0 Å². The summed E-state index contributed by atoms with van der Waals surface area (Å²) in [5.41, 5.74) is 2.11. The van der Waals surface area contributed by atoms with Crippen molar-refractivity contribution < 1.29 is 17.0 Å². The summed E-state index contributed by atoms with van der Waals surface area (Å²) in [5.74, 6) is 0.984. The van der Waals surface area contributed by atoms with E-state index in [-0.39, 0.29) is 12.4 Å². The van der Waals surface area contributed by atoms with E-state index in [1.165, 1.54) is 0 Å². The maximum Gasteiger partial charge on any atom is 0.243 e. The molecule has 0 aliphatic rings. The molecule has 88 valence electrons. The smallest absolute Gasteiger partial charge is 0.243 e. The summed E-state index contributed by atoms with van der Waals surface area (Å²) in [4.78, 5) is 7.84. The highest BCUT2D eigenvalue weighted by Crippen LogP contribution is 2.10. The van der Waals surface area contributed by atoms with Crippen LogP contribution in [0, 0.1) is 0 Å². The molecule has 2 aromatic heterocycles. The summed E-state index contributed by atoms with van der Waals surface area (Å²) in [6.45, 7) is 0.773. The van der Waals surface area contributed by atoms with Crippen LogP contribution in [0.15, 0.2) is 43.0 Å². The van der Waals surface area contributed by atoms with Gasteiger partial charge in [0.1, 0.15) is 24.8 Å². The summed E-state index contributed by atoms with van der Waals surface area (Å²) in [5, 5.41) is 0. The molecule has 0 saturated carbocycles. The quantitative estimate of drug-likeness (QED) is 0.537. The zero-order chi connectivity index (χ0) is 11.0. The van der Waals surface area contributed by atoms with Crippen molar-refractivity contribution in [2.24, 2.45) is 7.05 Å². The number of nitrogens with one attached hydrogen (secondary N) is 1. The van der Waals surface area contributed by atoms with Crippen molar-refractivity contribution in [1.82, 2.24) is 14.5 Å². The number of fused-ring (bicyclic) bond motifs is 1. The van der Waals surface area contributed by atoms with Gasteiger partial charge in [0.2, 0.25) is 6.33 Å². The van der Waals surface area contributed by atoms with Crippen LogP contribution in [0.4, 0.5) is 0 Å². The van der Waals surface area contributed by atoms with Crippen LogP contribution in [0.1, 0.15) is 5.82 Å². The number of halogens is 1. The molecule has 2 heterocycles. The molecule has 3 aromatic rings. The predicted molar refractivity (Wildman–Crippen MR) is 60.8 cm³/mol. The van der Waals surface area contributed by atoms with Gasteiger partial charge in [0, 0.05) is 0 Å². The highest BCUT2D eigenvalue weighted by Gasteiger charge is 2.06. The standard InChI is InChI=1S/C12H13N4.ClH/c1-15-6-7-16(9-15)8-12-13-10-4-2-3-5-11(10)14-12;/h2-7,9H,8H2,1H3,(H,13,14);1H/q+1;/p-1. The second-order valence-electron chi connectivity index (χ2n) is 3.95. The van der Waals surface area contributed by atoms with Gasteiger partial charge >= 0.3 is 0 Å². The molecular weight excluding hydrogens is 236 g/mol. The Labute approximate surface area is 105 Å². The Morgan fingerprint density at radius 3 is 2.88 bits per heavy atom. The van der Waals surface area contributed by atoms with Gasteiger partial charge in [-0.05, 0) is 12.1 Å². The molecule has 0 unspecified atom stereocenters. The number of aryl methyl sites for hydroxylation is 1. The number of aromatic nitrogens is 4. The van der Waals surface area contributed by atoms with Crippen molar-refractivity contribution in [2.75, 3.05) is 0 Å². The van der Waals surface area contributed by atoms with E-state index in [0.29, 0.717) is 0 Å². The Kier molecular flexibility index (Phi) is 3.15. The molecule has 0 aliphatic heterocycles. The number of H-pyrrole nitrogens is 1. The van der Waals surface area contributed by atoms with Crippen molar-refractivity contribution >= 4 is 11.0 Å². The van der Waals surface area contributed by atoms with E-state index < -0.39 is 0 Å². The Hall–Kier alpha value is -1.81. The third-order valence-electron chi connectivity index (χ3n) is 2.59. The number of hydrogen-bond donors (Lipinski definition) is 1. The molecule has 0 saturated heterocycles. The molecular formula is C12H13ClN4. The Bertz CT molecular complexity index is 593. The first-order valence-electron chi connectivity index (χ1n) is 5.26. The average molecular weight is 249 g/mol. The van der Waals surface area contributed by atoms with Crippen molar-refractivity contribution in [3.63, 3.8) is 0 Å². The summed E-state index contributed by atoms with van der Waals surface area (Å²) >= 11 is 0. The first kappa shape index (κ1) is 11.7. The summed E-state index contributed by atoms with van der Waals surface area (Å²) < 4.78 is 4.11. The van der Waals surface area contributed by atoms with Gasteiger partial charge in [-0.3, -0.25) is 0 Å². The highest BCUT2D eigenvalue weighted by atomic mass is 35.5. The predicted octanol–water partition coefficient (Wildman–Crippen LogP) is -1.76. The fourth-order valence-electron chi connectivity index (χ4n) is 1.85. The summed E-state index contributed by atoms with van der Waals surface area (Å²) in [7, 11) is 2.01. The van der Waals surface area contributed by atoms with Gasteiger partial charge in [-0.1, -0.05) is 12.1 Å². The second kappa shape index (κ2) is 4.59. The summed E-state index contributed by atoms with van der Waals surface area (Å²) in [6.07, 6.45) is 6.09. The molecule has 0 radical (unpaired) electrons. The minimum absolute atomic E-state index is 0. The molecule has 1 N–H and O–H groups in total. The molecule has 5 heteroatoms. The Balaban J connectivity index is 0.00000108. The molecule has 0 spiro atoms.